The molecule has 2 unspecified atom stereocenters. The zero-order valence-electron chi connectivity index (χ0n) is 17.2. The molecule has 2 aliphatic heterocycles. The number of hydrogen-bond donors (Lipinski definition) is 1. The number of para-hydroxylation sites is 1. The number of carbonyl (C=O) groups excluding carboxylic acids is 1. The zero-order valence-corrected chi connectivity index (χ0v) is 18.0. The highest BCUT2D eigenvalue weighted by molar-refractivity contribution is 6.04. The van der Waals surface area contributed by atoms with E-state index >= 15 is 0 Å². The van der Waals surface area contributed by atoms with Crippen molar-refractivity contribution in [2.45, 2.75) is 56.7 Å². The van der Waals surface area contributed by atoms with Gasteiger partial charge in [0.1, 0.15) is 5.52 Å². The van der Waals surface area contributed by atoms with E-state index in [1.54, 1.807) is 0 Å². The summed E-state index contributed by atoms with van der Waals surface area (Å²) in [7, 11) is 2.23. The Kier molecular flexibility index (Phi) is 6.11. The van der Waals surface area contributed by atoms with E-state index in [1.807, 2.05) is 36.4 Å². The second kappa shape index (κ2) is 8.78. The van der Waals surface area contributed by atoms with Crippen molar-refractivity contribution in [1.82, 2.24) is 15.2 Å². The number of amides is 1. The Morgan fingerprint density at radius 3 is 2.57 bits per heavy atom. The van der Waals surface area contributed by atoms with E-state index in [-0.39, 0.29) is 24.4 Å². The van der Waals surface area contributed by atoms with Crippen LogP contribution in [0.2, 0.25) is 0 Å². The lowest BCUT2D eigenvalue weighted by atomic mass is 9.82. The average Bonchev–Trinajstić information content (AvgIpc) is 3.12. The van der Waals surface area contributed by atoms with Gasteiger partial charge in [-0.1, -0.05) is 42.8 Å². The first kappa shape index (κ1) is 20.9. The van der Waals surface area contributed by atoms with E-state index in [0.717, 1.165) is 18.4 Å². The highest BCUT2D eigenvalue weighted by Gasteiger charge is 2.36. The number of benzene rings is 2. The summed E-state index contributed by atoms with van der Waals surface area (Å²) in [6.07, 6.45) is 6.47. The third kappa shape index (κ3) is 4.09. The molecule has 158 valence electrons. The van der Waals surface area contributed by atoms with Crippen LogP contribution in [0, 0.1) is 0 Å². The fraction of sp³-hybridized carbons (Fsp3) is 0.417. The number of aromatic nitrogens is 1. The van der Waals surface area contributed by atoms with Gasteiger partial charge >= 0.3 is 0 Å². The minimum absolute atomic E-state index is 0. The molecule has 0 spiro atoms. The SMILES string of the molecule is CN1C2CCCC1CC(NC(=O)c1cccc3oc(Cc4ccccc4)nc13)C2.Cl. The van der Waals surface area contributed by atoms with Crippen molar-refractivity contribution in [3.05, 3.63) is 65.5 Å². The second-order valence-electron chi connectivity index (χ2n) is 8.47. The molecule has 2 fully saturated rings. The monoisotopic (exact) mass is 425 g/mol. The molecule has 3 heterocycles. The summed E-state index contributed by atoms with van der Waals surface area (Å²) in [5.74, 6) is 0.600. The molecule has 2 aliphatic rings. The second-order valence-corrected chi connectivity index (χ2v) is 8.47. The van der Waals surface area contributed by atoms with Crippen LogP contribution in [0.4, 0.5) is 0 Å². The molecule has 0 radical (unpaired) electrons. The number of hydrogen-bond acceptors (Lipinski definition) is 4. The van der Waals surface area contributed by atoms with Gasteiger partial charge < -0.3 is 14.6 Å². The highest BCUT2D eigenvalue weighted by Crippen LogP contribution is 2.33. The molecule has 6 heteroatoms. The van der Waals surface area contributed by atoms with Gasteiger partial charge in [0, 0.05) is 24.5 Å². The summed E-state index contributed by atoms with van der Waals surface area (Å²) >= 11 is 0. The van der Waals surface area contributed by atoms with Gasteiger partial charge in [0.25, 0.3) is 5.91 Å². The van der Waals surface area contributed by atoms with Crippen molar-refractivity contribution in [3.8, 4) is 0 Å². The van der Waals surface area contributed by atoms with Crippen molar-refractivity contribution in [1.29, 1.82) is 0 Å². The van der Waals surface area contributed by atoms with Gasteiger partial charge in [-0.25, -0.2) is 4.98 Å². The van der Waals surface area contributed by atoms with Gasteiger partial charge in [0.15, 0.2) is 11.5 Å². The Bertz CT molecular complexity index is 1010. The molecule has 1 amide bonds. The third-order valence-corrected chi connectivity index (χ3v) is 6.58. The molecule has 0 aliphatic carbocycles. The summed E-state index contributed by atoms with van der Waals surface area (Å²) in [4.78, 5) is 20.3. The smallest absolute Gasteiger partial charge is 0.253 e. The van der Waals surface area contributed by atoms with Crippen LogP contribution in [0.5, 0.6) is 0 Å². The number of rotatable bonds is 4. The summed E-state index contributed by atoms with van der Waals surface area (Å²) in [5.41, 5.74) is 3.07. The van der Waals surface area contributed by atoms with Crippen LogP contribution in [-0.2, 0) is 6.42 Å². The van der Waals surface area contributed by atoms with Crippen molar-refractivity contribution in [2.24, 2.45) is 0 Å². The lowest BCUT2D eigenvalue weighted by Gasteiger charge is -2.47. The molecule has 2 saturated heterocycles. The Labute approximate surface area is 183 Å². The van der Waals surface area contributed by atoms with Crippen LogP contribution in [-0.4, -0.2) is 41.0 Å². The minimum Gasteiger partial charge on any atom is -0.440 e. The lowest BCUT2D eigenvalue weighted by molar-refractivity contribution is 0.0463. The van der Waals surface area contributed by atoms with Crippen LogP contribution >= 0.6 is 12.4 Å². The van der Waals surface area contributed by atoms with Gasteiger partial charge in [-0.15, -0.1) is 12.4 Å². The van der Waals surface area contributed by atoms with Crippen LogP contribution in [0.25, 0.3) is 11.1 Å². The Hall–Kier alpha value is -2.37. The number of nitrogens with zero attached hydrogens (tertiary/aromatic N) is 2. The van der Waals surface area contributed by atoms with Gasteiger partial charge in [0.05, 0.1) is 5.56 Å². The molecule has 2 aromatic carbocycles. The fourth-order valence-corrected chi connectivity index (χ4v) is 5.02. The summed E-state index contributed by atoms with van der Waals surface area (Å²) in [5, 5.41) is 3.29. The minimum atomic E-state index is -0.0391. The van der Waals surface area contributed by atoms with Crippen LogP contribution in [0.3, 0.4) is 0 Å². The molecule has 2 bridgehead atoms. The number of carbonyl (C=O) groups is 1. The molecule has 3 aromatic rings. The summed E-state index contributed by atoms with van der Waals surface area (Å²) in [6, 6.07) is 17.1. The first-order valence-corrected chi connectivity index (χ1v) is 10.6. The van der Waals surface area contributed by atoms with E-state index in [4.69, 9.17) is 4.42 Å². The first-order chi connectivity index (χ1) is 14.2. The van der Waals surface area contributed by atoms with E-state index in [1.165, 1.54) is 19.3 Å². The molecular formula is C24H28ClN3O2. The van der Waals surface area contributed by atoms with Crippen molar-refractivity contribution in [3.63, 3.8) is 0 Å². The molecule has 5 nitrogen and oxygen atoms in total. The standard InChI is InChI=1S/C24H27N3O2.ClH/c1-27-18-9-5-10-19(27)15-17(14-18)25-24(28)20-11-6-12-21-23(20)26-22(29-21)13-16-7-3-2-4-8-16;/h2-4,6-8,11-12,17-19H,5,9-10,13-15H2,1H3,(H,25,28);1H. The number of halogens is 1. The quantitative estimate of drug-likeness (QED) is 0.664. The van der Waals surface area contributed by atoms with E-state index in [9.17, 15) is 4.79 Å². The molecule has 1 aromatic heterocycles. The Balaban J connectivity index is 0.00000218. The van der Waals surface area contributed by atoms with Gasteiger partial charge in [-0.2, -0.15) is 0 Å². The molecule has 5 rings (SSSR count). The predicted molar refractivity (Wildman–Crippen MR) is 120 cm³/mol. The average molecular weight is 426 g/mol. The highest BCUT2D eigenvalue weighted by atomic mass is 35.5. The molecule has 30 heavy (non-hydrogen) atoms. The molecular weight excluding hydrogens is 398 g/mol. The van der Waals surface area contributed by atoms with Gasteiger partial charge in [-0.05, 0) is 50.4 Å². The van der Waals surface area contributed by atoms with Crippen molar-refractivity contribution < 1.29 is 9.21 Å². The largest absolute Gasteiger partial charge is 0.440 e. The Morgan fingerprint density at radius 2 is 1.83 bits per heavy atom. The molecule has 1 N–H and O–H groups in total. The molecule has 0 saturated carbocycles. The van der Waals surface area contributed by atoms with E-state index in [0.29, 0.717) is 41.1 Å². The fourth-order valence-electron chi connectivity index (χ4n) is 5.02. The number of piperidine rings is 2. The predicted octanol–water partition coefficient (Wildman–Crippen LogP) is 4.59. The summed E-state index contributed by atoms with van der Waals surface area (Å²) < 4.78 is 5.93. The number of fused-ring (bicyclic) bond motifs is 3. The van der Waals surface area contributed by atoms with Crippen LogP contribution < -0.4 is 5.32 Å². The van der Waals surface area contributed by atoms with Gasteiger partial charge in [0.2, 0.25) is 0 Å². The Morgan fingerprint density at radius 1 is 1.10 bits per heavy atom. The lowest BCUT2D eigenvalue weighted by Crippen LogP contribution is -2.55. The normalized spacial score (nSPS) is 23.7. The maximum atomic E-state index is 13.1. The van der Waals surface area contributed by atoms with Crippen LogP contribution in [0.15, 0.2) is 52.9 Å². The van der Waals surface area contributed by atoms with Crippen LogP contribution in [0.1, 0.15) is 53.9 Å². The zero-order chi connectivity index (χ0) is 19.8. The maximum Gasteiger partial charge on any atom is 0.253 e. The van der Waals surface area contributed by atoms with E-state index in [2.05, 4.69) is 34.4 Å². The summed E-state index contributed by atoms with van der Waals surface area (Å²) in [6.45, 7) is 0. The molecule has 2 atom stereocenters. The van der Waals surface area contributed by atoms with Gasteiger partial charge in [-0.3, -0.25) is 4.79 Å². The van der Waals surface area contributed by atoms with E-state index < -0.39 is 0 Å². The maximum absolute atomic E-state index is 13.1. The number of oxazole rings is 1. The number of nitrogens with one attached hydrogen (secondary N) is 1. The van der Waals surface area contributed by atoms with Crippen molar-refractivity contribution >= 4 is 29.4 Å². The third-order valence-electron chi connectivity index (χ3n) is 6.58. The van der Waals surface area contributed by atoms with Crippen molar-refractivity contribution in [2.75, 3.05) is 7.05 Å². The topological polar surface area (TPSA) is 58.4 Å². The first-order valence-electron chi connectivity index (χ1n) is 10.6.